The van der Waals surface area contributed by atoms with Gasteiger partial charge in [-0.3, -0.25) is 19.7 Å². The fourth-order valence-electron chi connectivity index (χ4n) is 4.42. The summed E-state index contributed by atoms with van der Waals surface area (Å²) in [5.74, 6) is 0.00638. The molecule has 38 heavy (non-hydrogen) atoms. The second-order valence-electron chi connectivity index (χ2n) is 9.07. The van der Waals surface area contributed by atoms with Crippen LogP contribution in [0.1, 0.15) is 61.3 Å². The van der Waals surface area contributed by atoms with Crippen molar-refractivity contribution in [2.45, 2.75) is 45.1 Å². The topological polar surface area (TPSA) is 123 Å². The van der Waals surface area contributed by atoms with Gasteiger partial charge in [0.05, 0.1) is 15.5 Å². The van der Waals surface area contributed by atoms with E-state index in [0.717, 1.165) is 25.3 Å². The molecule has 1 aliphatic rings. The van der Waals surface area contributed by atoms with Gasteiger partial charge in [-0.15, -0.1) is 0 Å². The molecular weight excluding hydrogens is 533 g/mol. The molecule has 200 valence electrons. The van der Waals surface area contributed by atoms with Crippen LogP contribution in [0.3, 0.4) is 0 Å². The van der Waals surface area contributed by atoms with Crippen LogP contribution in [-0.2, 0) is 4.79 Å². The number of nitro benzene ring substituents is 1. The van der Waals surface area contributed by atoms with Crippen molar-refractivity contribution in [1.29, 1.82) is 0 Å². The number of nitrogens with zero attached hydrogens (tertiary/aromatic N) is 5. The summed E-state index contributed by atoms with van der Waals surface area (Å²) < 4.78 is 5.56. The van der Waals surface area contributed by atoms with E-state index in [4.69, 9.17) is 27.7 Å². The Hall–Kier alpha value is -3.50. The van der Waals surface area contributed by atoms with Crippen LogP contribution in [-0.4, -0.2) is 56.3 Å². The summed E-state index contributed by atoms with van der Waals surface area (Å²) in [6.07, 6.45) is 3.85. The van der Waals surface area contributed by atoms with Gasteiger partial charge in [0.2, 0.25) is 17.6 Å². The van der Waals surface area contributed by atoms with Crippen molar-refractivity contribution in [3.63, 3.8) is 0 Å². The Morgan fingerprint density at radius 3 is 2.74 bits per heavy atom. The van der Waals surface area contributed by atoms with Crippen LogP contribution in [0.2, 0.25) is 10.0 Å². The predicted octanol–water partition coefficient (Wildman–Crippen LogP) is 5.95. The number of halogens is 2. The number of aromatic nitrogens is 2. The minimum atomic E-state index is -0.579. The molecule has 1 aliphatic heterocycles. The number of unbranched alkanes of at least 4 members (excludes halogenated alkanes) is 1. The first kappa shape index (κ1) is 27.5. The summed E-state index contributed by atoms with van der Waals surface area (Å²) >= 11 is 12.3. The molecule has 2 aromatic carbocycles. The Morgan fingerprint density at radius 1 is 1.21 bits per heavy atom. The summed E-state index contributed by atoms with van der Waals surface area (Å²) in [6, 6.07) is 10.4. The van der Waals surface area contributed by atoms with E-state index in [9.17, 15) is 19.7 Å². The zero-order chi connectivity index (χ0) is 27.2. The Balaban J connectivity index is 1.54. The number of amides is 2. The minimum Gasteiger partial charge on any atom is -0.337 e. The molecule has 4 rings (SSSR count). The molecular formula is C26H27Cl2N5O5. The van der Waals surface area contributed by atoms with E-state index in [1.54, 1.807) is 23.1 Å². The molecule has 2 heterocycles. The van der Waals surface area contributed by atoms with E-state index in [-0.39, 0.29) is 28.7 Å². The Labute approximate surface area is 229 Å². The average molecular weight is 560 g/mol. The standard InChI is InChI=1S/C26H27Cl2N5O5/c1-2-3-12-31(26(35)20-11-10-19(33(36)37)15-21(20)28)16-23(34)32-13-5-4-9-22(32)25-29-24(30-38-25)17-7-6-8-18(27)14-17/h6-8,10-11,14-15,22H,2-5,9,12-13,16H2,1H3. The molecule has 1 aromatic heterocycles. The third-order valence-electron chi connectivity index (χ3n) is 6.42. The second kappa shape index (κ2) is 12.4. The van der Waals surface area contributed by atoms with Crippen LogP contribution in [0.5, 0.6) is 0 Å². The molecule has 0 N–H and O–H groups in total. The zero-order valence-corrected chi connectivity index (χ0v) is 22.3. The van der Waals surface area contributed by atoms with Crippen molar-refractivity contribution in [2.75, 3.05) is 19.6 Å². The number of likely N-dealkylation sites (tertiary alicyclic amines) is 1. The maximum Gasteiger partial charge on any atom is 0.270 e. The maximum atomic E-state index is 13.5. The van der Waals surface area contributed by atoms with E-state index < -0.39 is 16.9 Å². The highest BCUT2D eigenvalue weighted by atomic mass is 35.5. The SMILES string of the molecule is CCCCN(CC(=O)N1CCCCC1c1nc(-c2cccc(Cl)c2)no1)C(=O)c1ccc([N+](=O)[O-])cc1Cl. The van der Waals surface area contributed by atoms with Crippen LogP contribution in [0, 0.1) is 10.1 Å². The summed E-state index contributed by atoms with van der Waals surface area (Å²) in [4.78, 5) is 45.0. The van der Waals surface area contributed by atoms with Crippen molar-refractivity contribution < 1.29 is 19.0 Å². The van der Waals surface area contributed by atoms with Crippen LogP contribution in [0.25, 0.3) is 11.4 Å². The number of hydrogen-bond acceptors (Lipinski definition) is 7. The van der Waals surface area contributed by atoms with Gasteiger partial charge in [0.25, 0.3) is 11.6 Å². The van der Waals surface area contributed by atoms with Gasteiger partial charge in [-0.2, -0.15) is 4.98 Å². The van der Waals surface area contributed by atoms with E-state index in [0.29, 0.717) is 48.2 Å². The number of carbonyl (C=O) groups excluding carboxylic acids is 2. The second-order valence-corrected chi connectivity index (χ2v) is 9.91. The summed E-state index contributed by atoms with van der Waals surface area (Å²) in [7, 11) is 0. The van der Waals surface area contributed by atoms with Gasteiger partial charge in [-0.1, -0.05) is 53.8 Å². The summed E-state index contributed by atoms with van der Waals surface area (Å²) in [5.41, 5.74) is 0.604. The summed E-state index contributed by atoms with van der Waals surface area (Å²) in [5, 5.41) is 15.7. The van der Waals surface area contributed by atoms with E-state index >= 15 is 0 Å². The molecule has 1 unspecified atom stereocenters. The first-order valence-electron chi connectivity index (χ1n) is 12.4. The molecule has 10 nitrogen and oxygen atoms in total. The third-order valence-corrected chi connectivity index (χ3v) is 6.97. The maximum absolute atomic E-state index is 13.5. The first-order chi connectivity index (χ1) is 18.3. The van der Waals surface area contributed by atoms with Crippen molar-refractivity contribution in [3.8, 4) is 11.4 Å². The number of nitro groups is 1. The minimum absolute atomic E-state index is 0.0339. The lowest BCUT2D eigenvalue weighted by Crippen LogP contribution is -2.46. The lowest BCUT2D eigenvalue weighted by atomic mass is 10.0. The normalized spacial score (nSPS) is 15.3. The van der Waals surface area contributed by atoms with Crippen molar-refractivity contribution >= 4 is 40.7 Å². The average Bonchev–Trinajstić information content (AvgIpc) is 3.41. The number of benzene rings is 2. The molecule has 3 aromatic rings. The van der Waals surface area contributed by atoms with Gasteiger partial charge >= 0.3 is 0 Å². The van der Waals surface area contributed by atoms with Gasteiger partial charge < -0.3 is 14.3 Å². The highest BCUT2D eigenvalue weighted by Crippen LogP contribution is 2.32. The van der Waals surface area contributed by atoms with Gasteiger partial charge in [-0.25, -0.2) is 0 Å². The molecule has 1 atom stereocenters. The van der Waals surface area contributed by atoms with Gasteiger partial charge in [0.1, 0.15) is 12.6 Å². The lowest BCUT2D eigenvalue weighted by molar-refractivity contribution is -0.384. The molecule has 0 saturated carbocycles. The van der Waals surface area contributed by atoms with Gasteiger partial charge in [0.15, 0.2) is 0 Å². The van der Waals surface area contributed by atoms with E-state index in [1.807, 2.05) is 13.0 Å². The molecule has 0 spiro atoms. The predicted molar refractivity (Wildman–Crippen MR) is 142 cm³/mol. The van der Waals surface area contributed by atoms with Gasteiger partial charge in [-0.05, 0) is 43.9 Å². The molecule has 0 radical (unpaired) electrons. The zero-order valence-electron chi connectivity index (χ0n) is 20.8. The monoisotopic (exact) mass is 559 g/mol. The smallest absolute Gasteiger partial charge is 0.270 e. The number of hydrogen-bond donors (Lipinski definition) is 0. The van der Waals surface area contributed by atoms with Gasteiger partial charge in [0, 0.05) is 35.8 Å². The molecule has 1 saturated heterocycles. The Morgan fingerprint density at radius 2 is 2.03 bits per heavy atom. The highest BCUT2D eigenvalue weighted by molar-refractivity contribution is 6.34. The Kier molecular flexibility index (Phi) is 8.96. The van der Waals surface area contributed by atoms with Crippen LogP contribution < -0.4 is 0 Å². The number of non-ortho nitro benzene ring substituents is 1. The van der Waals surface area contributed by atoms with Crippen LogP contribution in [0.15, 0.2) is 47.0 Å². The van der Waals surface area contributed by atoms with E-state index in [2.05, 4.69) is 10.1 Å². The number of piperidine rings is 1. The third kappa shape index (κ3) is 6.31. The van der Waals surface area contributed by atoms with Crippen LogP contribution in [0.4, 0.5) is 5.69 Å². The molecule has 0 aliphatic carbocycles. The fourth-order valence-corrected chi connectivity index (χ4v) is 4.86. The van der Waals surface area contributed by atoms with Crippen molar-refractivity contribution in [2.24, 2.45) is 0 Å². The quantitative estimate of drug-likeness (QED) is 0.234. The summed E-state index contributed by atoms with van der Waals surface area (Å²) in [6.45, 7) is 2.65. The van der Waals surface area contributed by atoms with Crippen molar-refractivity contribution in [3.05, 3.63) is 74.1 Å². The number of rotatable bonds is 9. The fraction of sp³-hybridized carbons (Fsp3) is 0.385. The Bertz CT molecular complexity index is 1330. The highest BCUT2D eigenvalue weighted by Gasteiger charge is 2.34. The largest absolute Gasteiger partial charge is 0.337 e. The molecule has 1 fully saturated rings. The van der Waals surface area contributed by atoms with E-state index in [1.165, 1.54) is 17.0 Å². The lowest BCUT2D eigenvalue weighted by Gasteiger charge is -2.35. The molecule has 12 heteroatoms. The number of carbonyl (C=O) groups is 2. The first-order valence-corrected chi connectivity index (χ1v) is 13.2. The van der Waals surface area contributed by atoms with Crippen molar-refractivity contribution in [1.82, 2.24) is 19.9 Å². The molecule has 0 bridgehead atoms. The van der Waals surface area contributed by atoms with Crippen LogP contribution >= 0.6 is 23.2 Å². The molecule has 2 amide bonds.